The molecule has 0 bridgehead atoms. The third-order valence-corrected chi connectivity index (χ3v) is 1.94. The van der Waals surface area contributed by atoms with E-state index in [2.05, 4.69) is 52.9 Å². The van der Waals surface area contributed by atoms with E-state index >= 15 is 0 Å². The lowest BCUT2D eigenvalue weighted by Crippen LogP contribution is -2.20. The fraction of sp³-hybridized carbons (Fsp3) is 0.833. The van der Waals surface area contributed by atoms with E-state index in [1.807, 2.05) is 0 Å². The van der Waals surface area contributed by atoms with Gasteiger partial charge in [0, 0.05) is 6.54 Å². The minimum Gasteiger partial charge on any atom is -0.313 e. The zero-order valence-corrected chi connectivity index (χ0v) is 10.1. The highest BCUT2D eigenvalue weighted by Gasteiger charge is 2.10. The first-order chi connectivity index (χ1) is 5.87. The minimum atomic E-state index is 0.301. The van der Waals surface area contributed by atoms with Crippen LogP contribution in [0, 0.1) is 11.3 Å². The van der Waals surface area contributed by atoms with E-state index in [1.165, 1.54) is 5.57 Å². The summed E-state index contributed by atoms with van der Waals surface area (Å²) in [6.45, 7) is 15.5. The molecule has 78 valence electrons. The molecule has 0 radical (unpaired) electrons. The van der Waals surface area contributed by atoms with Crippen LogP contribution in [0.4, 0.5) is 0 Å². The molecule has 0 amide bonds. The number of hydrogen-bond acceptors (Lipinski definition) is 1. The molecular weight excluding hydrogens is 158 g/mol. The molecule has 0 aliphatic carbocycles. The third-order valence-electron chi connectivity index (χ3n) is 1.94. The summed E-state index contributed by atoms with van der Waals surface area (Å²) in [5, 5.41) is 3.38. The van der Waals surface area contributed by atoms with Crippen molar-refractivity contribution in [2.45, 2.75) is 41.5 Å². The molecule has 0 saturated heterocycles. The van der Waals surface area contributed by atoms with Crippen LogP contribution in [0.1, 0.15) is 41.5 Å². The van der Waals surface area contributed by atoms with Gasteiger partial charge in [-0.2, -0.15) is 0 Å². The van der Waals surface area contributed by atoms with E-state index in [0.717, 1.165) is 13.1 Å². The van der Waals surface area contributed by atoms with Gasteiger partial charge in [-0.15, -0.1) is 0 Å². The first-order valence-corrected chi connectivity index (χ1v) is 5.29. The summed E-state index contributed by atoms with van der Waals surface area (Å²) < 4.78 is 0. The topological polar surface area (TPSA) is 12.0 Å². The van der Waals surface area contributed by atoms with Gasteiger partial charge in [0.2, 0.25) is 0 Å². The smallest absolute Gasteiger partial charge is 0.0167 e. The summed E-state index contributed by atoms with van der Waals surface area (Å²) in [5.74, 6) is 0.651. The summed E-state index contributed by atoms with van der Waals surface area (Å²) in [6, 6.07) is 0. The molecule has 0 unspecified atom stereocenters. The van der Waals surface area contributed by atoms with Gasteiger partial charge >= 0.3 is 0 Å². The van der Waals surface area contributed by atoms with Crippen LogP contribution in [0.5, 0.6) is 0 Å². The standard InChI is InChI=1S/C12H25N/c1-7-13-9-11(10(2)3)8-12(4,5)6/h8,10,13H,7,9H2,1-6H3. The van der Waals surface area contributed by atoms with Crippen molar-refractivity contribution in [2.75, 3.05) is 13.1 Å². The maximum absolute atomic E-state index is 3.38. The molecule has 0 atom stereocenters. The van der Waals surface area contributed by atoms with Crippen molar-refractivity contribution in [3.63, 3.8) is 0 Å². The first kappa shape index (κ1) is 12.7. The Bertz CT molecular complexity index is 160. The van der Waals surface area contributed by atoms with Crippen LogP contribution in [0.2, 0.25) is 0 Å². The quantitative estimate of drug-likeness (QED) is 0.660. The molecule has 1 nitrogen and oxygen atoms in total. The second kappa shape index (κ2) is 5.43. The fourth-order valence-electron chi connectivity index (χ4n) is 1.25. The van der Waals surface area contributed by atoms with Crippen LogP contribution < -0.4 is 5.32 Å². The maximum Gasteiger partial charge on any atom is 0.0167 e. The van der Waals surface area contributed by atoms with Gasteiger partial charge in [-0.1, -0.05) is 53.2 Å². The van der Waals surface area contributed by atoms with E-state index in [9.17, 15) is 0 Å². The Labute approximate surface area is 83.6 Å². The zero-order valence-electron chi connectivity index (χ0n) is 10.1. The molecule has 0 spiro atoms. The van der Waals surface area contributed by atoms with Crippen LogP contribution >= 0.6 is 0 Å². The van der Waals surface area contributed by atoms with E-state index in [1.54, 1.807) is 0 Å². The molecule has 1 heteroatoms. The van der Waals surface area contributed by atoms with Crippen LogP contribution in [0.15, 0.2) is 11.6 Å². The minimum absolute atomic E-state index is 0.301. The second-order valence-corrected chi connectivity index (χ2v) is 5.02. The molecule has 0 saturated carbocycles. The van der Waals surface area contributed by atoms with Crippen molar-refractivity contribution in [3.8, 4) is 0 Å². The van der Waals surface area contributed by atoms with Gasteiger partial charge in [-0.05, 0) is 17.9 Å². The zero-order chi connectivity index (χ0) is 10.5. The average molecular weight is 183 g/mol. The number of likely N-dealkylation sites (N-methyl/N-ethyl adjacent to an activating group) is 1. The Morgan fingerprint density at radius 3 is 2.15 bits per heavy atom. The van der Waals surface area contributed by atoms with Gasteiger partial charge in [-0.3, -0.25) is 0 Å². The number of rotatable bonds is 4. The largest absolute Gasteiger partial charge is 0.313 e. The third kappa shape index (κ3) is 6.83. The highest BCUT2D eigenvalue weighted by molar-refractivity contribution is 5.10. The molecule has 0 rings (SSSR count). The lowest BCUT2D eigenvalue weighted by Gasteiger charge is -2.19. The van der Waals surface area contributed by atoms with Gasteiger partial charge in [0.05, 0.1) is 0 Å². The predicted molar refractivity (Wildman–Crippen MR) is 60.9 cm³/mol. The molecule has 0 aromatic heterocycles. The lowest BCUT2D eigenvalue weighted by atomic mass is 9.89. The normalized spacial score (nSPS) is 13.9. The molecule has 0 aliphatic heterocycles. The van der Waals surface area contributed by atoms with Gasteiger partial charge in [0.1, 0.15) is 0 Å². The second-order valence-electron chi connectivity index (χ2n) is 5.02. The highest BCUT2D eigenvalue weighted by atomic mass is 14.8. The van der Waals surface area contributed by atoms with Crippen LogP contribution in [0.3, 0.4) is 0 Å². The van der Waals surface area contributed by atoms with E-state index in [-0.39, 0.29) is 0 Å². The Hall–Kier alpha value is -0.300. The first-order valence-electron chi connectivity index (χ1n) is 5.29. The average Bonchev–Trinajstić information content (AvgIpc) is 1.95. The Balaban J connectivity index is 4.33. The molecule has 1 N–H and O–H groups in total. The van der Waals surface area contributed by atoms with Crippen molar-refractivity contribution in [3.05, 3.63) is 11.6 Å². The Kier molecular flexibility index (Phi) is 5.31. The SMILES string of the molecule is CCNCC(=CC(C)(C)C)C(C)C. The fourth-order valence-corrected chi connectivity index (χ4v) is 1.25. The molecule has 0 aromatic rings. The van der Waals surface area contributed by atoms with Gasteiger partial charge in [0.25, 0.3) is 0 Å². The van der Waals surface area contributed by atoms with Crippen LogP contribution in [-0.2, 0) is 0 Å². The van der Waals surface area contributed by atoms with Crippen molar-refractivity contribution < 1.29 is 0 Å². The van der Waals surface area contributed by atoms with Crippen molar-refractivity contribution in [2.24, 2.45) is 11.3 Å². The van der Waals surface area contributed by atoms with E-state index < -0.39 is 0 Å². The predicted octanol–water partition coefficient (Wildman–Crippen LogP) is 3.22. The molecule has 0 heterocycles. The summed E-state index contributed by atoms with van der Waals surface area (Å²) in [5.41, 5.74) is 1.82. The summed E-state index contributed by atoms with van der Waals surface area (Å²) in [6.07, 6.45) is 2.39. The Morgan fingerprint density at radius 1 is 1.31 bits per heavy atom. The maximum atomic E-state index is 3.38. The highest BCUT2D eigenvalue weighted by Crippen LogP contribution is 2.21. The van der Waals surface area contributed by atoms with Crippen LogP contribution in [-0.4, -0.2) is 13.1 Å². The van der Waals surface area contributed by atoms with Crippen LogP contribution in [0.25, 0.3) is 0 Å². The van der Waals surface area contributed by atoms with E-state index in [4.69, 9.17) is 0 Å². The number of nitrogens with one attached hydrogen (secondary N) is 1. The molecule has 0 aliphatic rings. The number of hydrogen-bond donors (Lipinski definition) is 1. The molecular formula is C12H25N. The number of allylic oxidation sites excluding steroid dienone is 1. The Morgan fingerprint density at radius 2 is 1.85 bits per heavy atom. The summed E-state index contributed by atoms with van der Waals surface area (Å²) in [4.78, 5) is 0. The van der Waals surface area contributed by atoms with Crippen molar-refractivity contribution in [1.82, 2.24) is 5.32 Å². The lowest BCUT2D eigenvalue weighted by molar-refractivity contribution is 0.525. The monoisotopic (exact) mass is 183 g/mol. The molecule has 13 heavy (non-hydrogen) atoms. The van der Waals surface area contributed by atoms with E-state index in [0.29, 0.717) is 11.3 Å². The van der Waals surface area contributed by atoms with Gasteiger partial charge in [-0.25, -0.2) is 0 Å². The molecule has 0 aromatic carbocycles. The van der Waals surface area contributed by atoms with Crippen molar-refractivity contribution >= 4 is 0 Å². The van der Waals surface area contributed by atoms with Gasteiger partial charge in [0.15, 0.2) is 0 Å². The molecule has 0 fully saturated rings. The van der Waals surface area contributed by atoms with Crippen molar-refractivity contribution in [1.29, 1.82) is 0 Å². The summed E-state index contributed by atoms with van der Waals surface area (Å²) in [7, 11) is 0. The summed E-state index contributed by atoms with van der Waals surface area (Å²) >= 11 is 0. The van der Waals surface area contributed by atoms with Gasteiger partial charge < -0.3 is 5.32 Å².